The van der Waals surface area contributed by atoms with Crippen LogP contribution < -0.4 is 0 Å². The summed E-state index contributed by atoms with van der Waals surface area (Å²) in [7, 11) is 0. The number of H-pyrrole nitrogens is 1. The molecule has 0 bridgehead atoms. The molecule has 7 heteroatoms. The van der Waals surface area contributed by atoms with E-state index in [1.54, 1.807) is 18.0 Å². The van der Waals surface area contributed by atoms with Gasteiger partial charge >= 0.3 is 0 Å². The Bertz CT molecular complexity index is 712. The Morgan fingerprint density at radius 2 is 2.00 bits per heavy atom. The van der Waals surface area contributed by atoms with Gasteiger partial charge in [0.25, 0.3) is 0 Å². The lowest BCUT2D eigenvalue weighted by atomic mass is 10.2. The molecule has 1 aromatic carbocycles. The fourth-order valence-electron chi connectivity index (χ4n) is 1.65. The van der Waals surface area contributed by atoms with Gasteiger partial charge in [-0.25, -0.2) is 0 Å². The fraction of sp³-hybridized carbons (Fsp3) is 0.0769. The summed E-state index contributed by atoms with van der Waals surface area (Å²) >= 11 is 7.52. The van der Waals surface area contributed by atoms with Crippen LogP contribution in [0.15, 0.2) is 46.3 Å². The van der Waals surface area contributed by atoms with Gasteiger partial charge in [-0.3, -0.25) is 4.98 Å². The Morgan fingerprint density at radius 3 is 2.70 bits per heavy atom. The molecule has 2 aromatic heterocycles. The largest absolute Gasteiger partial charge is 0.260 e. The highest BCUT2D eigenvalue weighted by atomic mass is 35.5. The number of aromatic nitrogens is 5. The zero-order chi connectivity index (χ0) is 13.9. The second-order valence-electron chi connectivity index (χ2n) is 4.10. The standard InChI is InChI=1S/C13H10ClN5S/c1-8-12(20-11-4-2-10(14)3-5-11)6-9(7-15-8)13-16-18-19-17-13/h2-7H,1H3,(H,16,17,18,19). The molecule has 3 aromatic rings. The third-order valence-corrected chi connectivity index (χ3v) is 4.08. The van der Waals surface area contributed by atoms with E-state index >= 15 is 0 Å². The number of halogens is 1. The van der Waals surface area contributed by atoms with Crippen LogP contribution in [0, 0.1) is 6.92 Å². The summed E-state index contributed by atoms with van der Waals surface area (Å²) in [5, 5.41) is 14.6. The number of nitrogens with one attached hydrogen (secondary N) is 1. The van der Waals surface area contributed by atoms with Crippen LogP contribution in [0.5, 0.6) is 0 Å². The number of benzene rings is 1. The molecule has 0 aliphatic carbocycles. The number of hydrogen-bond acceptors (Lipinski definition) is 5. The zero-order valence-electron chi connectivity index (χ0n) is 10.5. The van der Waals surface area contributed by atoms with Crippen molar-refractivity contribution in [3.63, 3.8) is 0 Å². The van der Waals surface area contributed by atoms with Crippen molar-refractivity contribution in [2.75, 3.05) is 0 Å². The zero-order valence-corrected chi connectivity index (χ0v) is 12.1. The minimum Gasteiger partial charge on any atom is -0.260 e. The summed E-state index contributed by atoms with van der Waals surface area (Å²) in [6, 6.07) is 9.71. The van der Waals surface area contributed by atoms with Gasteiger partial charge in [0.05, 0.1) is 5.69 Å². The van der Waals surface area contributed by atoms with E-state index < -0.39 is 0 Å². The molecule has 0 radical (unpaired) electrons. The van der Waals surface area contributed by atoms with Crippen molar-refractivity contribution in [1.82, 2.24) is 25.6 Å². The second-order valence-corrected chi connectivity index (χ2v) is 5.65. The van der Waals surface area contributed by atoms with Gasteiger partial charge in [-0.15, -0.1) is 10.2 Å². The van der Waals surface area contributed by atoms with Gasteiger partial charge in [-0.2, -0.15) is 5.21 Å². The number of rotatable bonds is 3. The Labute approximate surface area is 124 Å². The van der Waals surface area contributed by atoms with Crippen molar-refractivity contribution < 1.29 is 0 Å². The van der Waals surface area contributed by atoms with Gasteiger partial charge in [0.1, 0.15) is 0 Å². The Kier molecular flexibility index (Phi) is 3.66. The summed E-state index contributed by atoms with van der Waals surface area (Å²) < 4.78 is 0. The lowest BCUT2D eigenvalue weighted by Gasteiger charge is -2.06. The highest BCUT2D eigenvalue weighted by Crippen LogP contribution is 2.32. The summed E-state index contributed by atoms with van der Waals surface area (Å²) in [6.45, 7) is 1.97. The molecule has 0 unspecified atom stereocenters. The second kappa shape index (κ2) is 5.60. The molecule has 0 aliphatic heterocycles. The lowest BCUT2D eigenvalue weighted by Crippen LogP contribution is -1.89. The van der Waals surface area contributed by atoms with Crippen LogP contribution in [0.1, 0.15) is 5.69 Å². The molecule has 0 atom stereocenters. The van der Waals surface area contributed by atoms with E-state index in [0.717, 1.165) is 26.1 Å². The van der Waals surface area contributed by atoms with Gasteiger partial charge in [-0.05, 0) is 42.5 Å². The average Bonchev–Trinajstić information content (AvgIpc) is 2.98. The topological polar surface area (TPSA) is 67.3 Å². The van der Waals surface area contributed by atoms with Crippen LogP contribution in [-0.2, 0) is 0 Å². The van der Waals surface area contributed by atoms with Gasteiger partial charge in [0.15, 0.2) is 0 Å². The number of hydrogen-bond donors (Lipinski definition) is 1. The molecule has 20 heavy (non-hydrogen) atoms. The fourth-order valence-corrected chi connectivity index (χ4v) is 2.69. The maximum Gasteiger partial charge on any atom is 0.206 e. The number of tetrazole rings is 1. The molecule has 0 amide bonds. The van der Waals surface area contributed by atoms with Crippen LogP contribution in [-0.4, -0.2) is 25.6 Å². The van der Waals surface area contributed by atoms with E-state index in [1.807, 2.05) is 37.3 Å². The first-order chi connectivity index (χ1) is 9.72. The minimum absolute atomic E-state index is 0.537. The van der Waals surface area contributed by atoms with Crippen LogP contribution >= 0.6 is 23.4 Å². The highest BCUT2D eigenvalue weighted by Gasteiger charge is 2.08. The van der Waals surface area contributed by atoms with Crippen molar-refractivity contribution in [2.24, 2.45) is 0 Å². The molecule has 100 valence electrons. The quantitative estimate of drug-likeness (QED) is 0.803. The van der Waals surface area contributed by atoms with Gasteiger partial charge in [-0.1, -0.05) is 23.4 Å². The van der Waals surface area contributed by atoms with Gasteiger partial charge in [0.2, 0.25) is 5.82 Å². The van der Waals surface area contributed by atoms with E-state index in [1.165, 1.54) is 0 Å². The number of aryl methyl sites for hydroxylation is 1. The molecular weight excluding hydrogens is 294 g/mol. The van der Waals surface area contributed by atoms with E-state index in [9.17, 15) is 0 Å². The molecule has 2 heterocycles. The molecule has 0 aliphatic rings. The van der Waals surface area contributed by atoms with E-state index in [0.29, 0.717) is 5.82 Å². The van der Waals surface area contributed by atoms with Gasteiger partial charge in [0, 0.05) is 26.6 Å². The van der Waals surface area contributed by atoms with Gasteiger partial charge < -0.3 is 0 Å². The van der Waals surface area contributed by atoms with Crippen LogP contribution in [0.2, 0.25) is 5.02 Å². The molecule has 0 saturated carbocycles. The summed E-state index contributed by atoms with van der Waals surface area (Å²) in [4.78, 5) is 6.53. The number of aromatic amines is 1. The summed E-state index contributed by atoms with van der Waals surface area (Å²) in [6.07, 6.45) is 1.74. The smallest absolute Gasteiger partial charge is 0.206 e. The third-order valence-electron chi connectivity index (χ3n) is 2.69. The SMILES string of the molecule is Cc1ncc(-c2nn[nH]n2)cc1Sc1ccc(Cl)cc1. The molecule has 1 N–H and O–H groups in total. The average molecular weight is 304 g/mol. The molecule has 3 rings (SSSR count). The van der Waals surface area contributed by atoms with Crippen molar-refractivity contribution in [1.29, 1.82) is 0 Å². The van der Waals surface area contributed by atoms with E-state index in [-0.39, 0.29) is 0 Å². The van der Waals surface area contributed by atoms with Crippen LogP contribution in [0.25, 0.3) is 11.4 Å². The van der Waals surface area contributed by atoms with E-state index in [4.69, 9.17) is 11.6 Å². The van der Waals surface area contributed by atoms with Crippen molar-refractivity contribution in [2.45, 2.75) is 16.7 Å². The van der Waals surface area contributed by atoms with Crippen LogP contribution in [0.3, 0.4) is 0 Å². The molecule has 0 fully saturated rings. The predicted molar refractivity (Wildman–Crippen MR) is 77.7 cm³/mol. The molecular formula is C13H10ClN5S. The van der Waals surface area contributed by atoms with Crippen molar-refractivity contribution in [3.05, 3.63) is 47.2 Å². The maximum absolute atomic E-state index is 5.89. The van der Waals surface area contributed by atoms with Crippen molar-refractivity contribution in [3.8, 4) is 11.4 Å². The van der Waals surface area contributed by atoms with Crippen molar-refractivity contribution >= 4 is 23.4 Å². The predicted octanol–water partition coefficient (Wildman–Crippen LogP) is 3.37. The van der Waals surface area contributed by atoms with E-state index in [2.05, 4.69) is 25.6 Å². The third kappa shape index (κ3) is 2.81. The Balaban J connectivity index is 1.92. The minimum atomic E-state index is 0.537. The Hall–Kier alpha value is -1.92. The first-order valence-electron chi connectivity index (χ1n) is 5.86. The lowest BCUT2D eigenvalue weighted by molar-refractivity contribution is 0.881. The molecule has 0 spiro atoms. The monoisotopic (exact) mass is 303 g/mol. The normalized spacial score (nSPS) is 10.7. The maximum atomic E-state index is 5.89. The first-order valence-corrected chi connectivity index (χ1v) is 7.06. The first kappa shape index (κ1) is 13.1. The summed E-state index contributed by atoms with van der Waals surface area (Å²) in [5.41, 5.74) is 1.79. The number of nitrogens with zero attached hydrogens (tertiary/aromatic N) is 4. The summed E-state index contributed by atoms with van der Waals surface area (Å²) in [5.74, 6) is 0.537. The molecule has 0 saturated heterocycles. The molecule has 5 nitrogen and oxygen atoms in total. The Morgan fingerprint density at radius 1 is 1.20 bits per heavy atom. The number of pyridine rings is 1. The van der Waals surface area contributed by atoms with Crippen LogP contribution in [0.4, 0.5) is 0 Å². The highest BCUT2D eigenvalue weighted by molar-refractivity contribution is 7.99.